The minimum Gasteiger partial charge on any atom is -0.492 e. The first-order valence-electron chi connectivity index (χ1n) is 6.61. The molecule has 2 rings (SSSR count). The molecule has 1 aromatic heterocycles. The molecular formula is C14H20N2O2. The molecule has 1 fully saturated rings. The topological polar surface area (TPSA) is 51.2 Å². The van der Waals surface area contributed by atoms with Crippen molar-refractivity contribution in [1.29, 1.82) is 0 Å². The fourth-order valence-electron chi connectivity index (χ4n) is 2.30. The lowest BCUT2D eigenvalue weighted by Crippen LogP contribution is -2.31. The molecule has 1 aliphatic heterocycles. The van der Waals surface area contributed by atoms with Crippen molar-refractivity contribution in [3.63, 3.8) is 0 Å². The molecule has 1 aromatic rings. The number of nitrogens with zero attached hydrogens (tertiary/aromatic N) is 1. The summed E-state index contributed by atoms with van der Waals surface area (Å²) in [7, 11) is 0. The molecule has 1 aliphatic rings. The highest BCUT2D eigenvalue weighted by Crippen LogP contribution is 2.19. The Labute approximate surface area is 108 Å². The van der Waals surface area contributed by atoms with Gasteiger partial charge in [0.05, 0.1) is 12.8 Å². The average Bonchev–Trinajstić information content (AvgIpc) is 2.40. The normalized spacial score (nSPS) is 19.5. The standard InChI is InChI=1S/C14H20N2O2/c1-2-18-13-7-12(9-16-10-13)14(17)6-11-4-3-5-15-8-11/h7,9-11,15H,2-6,8H2,1H3. The number of rotatable bonds is 5. The van der Waals surface area contributed by atoms with E-state index < -0.39 is 0 Å². The van der Waals surface area contributed by atoms with Gasteiger partial charge in [0, 0.05) is 18.2 Å². The molecule has 0 saturated carbocycles. The van der Waals surface area contributed by atoms with E-state index in [1.54, 1.807) is 18.5 Å². The molecule has 0 amide bonds. The molecule has 2 heterocycles. The summed E-state index contributed by atoms with van der Waals surface area (Å²) in [5, 5.41) is 3.33. The highest BCUT2D eigenvalue weighted by atomic mass is 16.5. The third-order valence-corrected chi connectivity index (χ3v) is 3.22. The summed E-state index contributed by atoms with van der Waals surface area (Å²) in [6.45, 7) is 4.53. The van der Waals surface area contributed by atoms with Crippen LogP contribution in [0, 0.1) is 5.92 Å². The number of carbonyl (C=O) groups excluding carboxylic acids is 1. The lowest BCUT2D eigenvalue weighted by atomic mass is 9.92. The lowest BCUT2D eigenvalue weighted by Gasteiger charge is -2.21. The van der Waals surface area contributed by atoms with Crippen LogP contribution in [-0.2, 0) is 0 Å². The maximum absolute atomic E-state index is 12.1. The number of hydrogen-bond donors (Lipinski definition) is 1. The maximum atomic E-state index is 12.1. The molecule has 0 bridgehead atoms. The largest absolute Gasteiger partial charge is 0.492 e. The van der Waals surface area contributed by atoms with Crippen LogP contribution in [0.1, 0.15) is 36.5 Å². The van der Waals surface area contributed by atoms with Crippen molar-refractivity contribution < 1.29 is 9.53 Å². The van der Waals surface area contributed by atoms with Gasteiger partial charge >= 0.3 is 0 Å². The summed E-state index contributed by atoms with van der Waals surface area (Å²) in [4.78, 5) is 16.2. The number of ketones is 1. The minimum absolute atomic E-state index is 0.165. The third kappa shape index (κ3) is 3.53. The molecule has 1 atom stereocenters. The van der Waals surface area contributed by atoms with E-state index in [1.807, 2.05) is 6.92 Å². The van der Waals surface area contributed by atoms with Gasteiger partial charge < -0.3 is 10.1 Å². The van der Waals surface area contributed by atoms with Crippen molar-refractivity contribution >= 4 is 5.78 Å². The van der Waals surface area contributed by atoms with Crippen LogP contribution in [0.25, 0.3) is 0 Å². The molecule has 1 unspecified atom stereocenters. The van der Waals surface area contributed by atoms with E-state index in [2.05, 4.69) is 10.3 Å². The minimum atomic E-state index is 0.165. The van der Waals surface area contributed by atoms with Crippen molar-refractivity contribution in [2.24, 2.45) is 5.92 Å². The summed E-state index contributed by atoms with van der Waals surface area (Å²) in [6.07, 6.45) is 6.17. The number of nitrogens with one attached hydrogen (secondary N) is 1. The van der Waals surface area contributed by atoms with Crippen LogP contribution in [0.5, 0.6) is 5.75 Å². The van der Waals surface area contributed by atoms with E-state index in [1.165, 1.54) is 0 Å². The summed E-state index contributed by atoms with van der Waals surface area (Å²) < 4.78 is 5.36. The lowest BCUT2D eigenvalue weighted by molar-refractivity contribution is 0.0953. The van der Waals surface area contributed by atoms with E-state index in [9.17, 15) is 4.79 Å². The van der Waals surface area contributed by atoms with Crippen molar-refractivity contribution in [2.75, 3.05) is 19.7 Å². The number of aromatic nitrogens is 1. The molecule has 98 valence electrons. The fraction of sp³-hybridized carbons (Fsp3) is 0.571. The molecule has 18 heavy (non-hydrogen) atoms. The zero-order valence-corrected chi connectivity index (χ0v) is 10.8. The van der Waals surface area contributed by atoms with Crippen molar-refractivity contribution in [3.8, 4) is 5.75 Å². The molecule has 0 aromatic carbocycles. The number of pyridine rings is 1. The van der Waals surface area contributed by atoms with Crippen LogP contribution in [0.2, 0.25) is 0 Å². The second-order valence-corrected chi connectivity index (χ2v) is 4.68. The Morgan fingerprint density at radius 1 is 1.56 bits per heavy atom. The first kappa shape index (κ1) is 13.0. The van der Waals surface area contributed by atoms with Crippen LogP contribution in [-0.4, -0.2) is 30.5 Å². The predicted octanol–water partition coefficient (Wildman–Crippen LogP) is 2.05. The highest BCUT2D eigenvalue weighted by Gasteiger charge is 2.18. The maximum Gasteiger partial charge on any atom is 0.164 e. The van der Waals surface area contributed by atoms with E-state index in [-0.39, 0.29) is 5.78 Å². The van der Waals surface area contributed by atoms with Crippen molar-refractivity contribution in [2.45, 2.75) is 26.2 Å². The smallest absolute Gasteiger partial charge is 0.164 e. The molecule has 4 heteroatoms. The quantitative estimate of drug-likeness (QED) is 0.810. The molecule has 4 nitrogen and oxygen atoms in total. The number of hydrogen-bond acceptors (Lipinski definition) is 4. The molecule has 1 saturated heterocycles. The number of Topliss-reactive ketones (excluding diaryl/α,β-unsaturated/α-hetero) is 1. The second-order valence-electron chi connectivity index (χ2n) is 4.68. The number of piperidine rings is 1. The Hall–Kier alpha value is -1.42. The van der Waals surface area contributed by atoms with Gasteiger partial charge in [0.15, 0.2) is 5.78 Å². The van der Waals surface area contributed by atoms with E-state index in [0.29, 0.717) is 30.3 Å². The average molecular weight is 248 g/mol. The number of carbonyl (C=O) groups is 1. The van der Waals surface area contributed by atoms with Gasteiger partial charge in [0.25, 0.3) is 0 Å². The van der Waals surface area contributed by atoms with Gasteiger partial charge in [0.1, 0.15) is 5.75 Å². The summed E-state index contributed by atoms with van der Waals surface area (Å²) in [6, 6.07) is 1.79. The van der Waals surface area contributed by atoms with Crippen molar-refractivity contribution in [1.82, 2.24) is 10.3 Å². The third-order valence-electron chi connectivity index (χ3n) is 3.22. The van der Waals surface area contributed by atoms with Gasteiger partial charge in [-0.1, -0.05) is 0 Å². The Morgan fingerprint density at radius 2 is 2.44 bits per heavy atom. The van der Waals surface area contributed by atoms with Gasteiger partial charge in [-0.05, 0) is 44.8 Å². The second kappa shape index (κ2) is 6.50. The summed E-state index contributed by atoms with van der Waals surface area (Å²) >= 11 is 0. The van der Waals surface area contributed by atoms with Crippen LogP contribution in [0.3, 0.4) is 0 Å². The van der Waals surface area contributed by atoms with E-state index in [0.717, 1.165) is 25.9 Å². The Bertz CT molecular complexity index is 401. The first-order chi connectivity index (χ1) is 8.79. The SMILES string of the molecule is CCOc1cncc(C(=O)CC2CCCNC2)c1. The zero-order valence-electron chi connectivity index (χ0n) is 10.8. The van der Waals surface area contributed by atoms with Crippen LogP contribution in [0.4, 0.5) is 0 Å². The Balaban J connectivity index is 1.96. The molecule has 0 radical (unpaired) electrons. The van der Waals surface area contributed by atoms with E-state index in [4.69, 9.17) is 4.74 Å². The molecule has 0 spiro atoms. The first-order valence-corrected chi connectivity index (χ1v) is 6.61. The van der Waals surface area contributed by atoms with E-state index >= 15 is 0 Å². The van der Waals surface area contributed by atoms with Crippen molar-refractivity contribution in [3.05, 3.63) is 24.0 Å². The van der Waals surface area contributed by atoms with Gasteiger partial charge in [-0.2, -0.15) is 0 Å². The summed E-state index contributed by atoms with van der Waals surface area (Å²) in [5.74, 6) is 1.30. The van der Waals surface area contributed by atoms with Gasteiger partial charge in [-0.25, -0.2) is 0 Å². The Kier molecular flexibility index (Phi) is 4.70. The van der Waals surface area contributed by atoms with Gasteiger partial charge in [0.2, 0.25) is 0 Å². The van der Waals surface area contributed by atoms with Gasteiger partial charge in [-0.3, -0.25) is 9.78 Å². The van der Waals surface area contributed by atoms with Crippen LogP contribution < -0.4 is 10.1 Å². The molecule has 0 aliphatic carbocycles. The highest BCUT2D eigenvalue weighted by molar-refractivity contribution is 5.96. The molecule has 1 N–H and O–H groups in total. The zero-order chi connectivity index (χ0) is 12.8. The summed E-state index contributed by atoms with van der Waals surface area (Å²) in [5.41, 5.74) is 0.659. The van der Waals surface area contributed by atoms with Gasteiger partial charge in [-0.15, -0.1) is 0 Å². The van der Waals surface area contributed by atoms with Crippen LogP contribution in [0.15, 0.2) is 18.5 Å². The van der Waals surface area contributed by atoms with Crippen LogP contribution >= 0.6 is 0 Å². The number of ether oxygens (including phenoxy) is 1. The monoisotopic (exact) mass is 248 g/mol. The predicted molar refractivity (Wildman–Crippen MR) is 69.9 cm³/mol. The Morgan fingerprint density at radius 3 is 3.17 bits per heavy atom. The fourth-order valence-corrected chi connectivity index (χ4v) is 2.30. The molecular weight excluding hydrogens is 228 g/mol.